The maximum Gasteiger partial charge on any atom is 0.0662 e. The predicted molar refractivity (Wildman–Crippen MR) is 75.6 cm³/mol. The van der Waals surface area contributed by atoms with Crippen molar-refractivity contribution in [1.29, 1.82) is 0 Å². The normalized spacial score (nSPS) is 35.7. The standard InChI is InChI=1S/C15H30N2O/c1-13(2)14-5-3-8-17(9-6-14)15(11-16)7-4-10-18-12-15/h13-14H,3-12,16H2,1-2H3. The van der Waals surface area contributed by atoms with Gasteiger partial charge in [0.2, 0.25) is 0 Å². The van der Waals surface area contributed by atoms with E-state index in [2.05, 4.69) is 18.7 Å². The van der Waals surface area contributed by atoms with E-state index in [-0.39, 0.29) is 5.54 Å². The van der Waals surface area contributed by atoms with Gasteiger partial charge in [0, 0.05) is 13.2 Å². The Morgan fingerprint density at radius 1 is 1.28 bits per heavy atom. The molecule has 3 heteroatoms. The number of hydrogen-bond donors (Lipinski definition) is 1. The Labute approximate surface area is 112 Å². The van der Waals surface area contributed by atoms with Gasteiger partial charge in [0.1, 0.15) is 0 Å². The molecule has 18 heavy (non-hydrogen) atoms. The molecule has 2 atom stereocenters. The van der Waals surface area contributed by atoms with E-state index in [1.807, 2.05) is 0 Å². The highest BCUT2D eigenvalue weighted by Crippen LogP contribution is 2.31. The highest BCUT2D eigenvalue weighted by atomic mass is 16.5. The van der Waals surface area contributed by atoms with Gasteiger partial charge < -0.3 is 10.5 Å². The second-order valence-corrected chi connectivity index (χ2v) is 6.51. The summed E-state index contributed by atoms with van der Waals surface area (Å²) in [4.78, 5) is 2.65. The summed E-state index contributed by atoms with van der Waals surface area (Å²) in [7, 11) is 0. The lowest BCUT2D eigenvalue weighted by atomic mass is 9.88. The molecule has 0 spiro atoms. The van der Waals surface area contributed by atoms with E-state index in [1.54, 1.807) is 0 Å². The third-order valence-corrected chi connectivity index (χ3v) is 5.07. The fraction of sp³-hybridized carbons (Fsp3) is 1.00. The third-order valence-electron chi connectivity index (χ3n) is 5.07. The summed E-state index contributed by atoms with van der Waals surface area (Å²) >= 11 is 0. The van der Waals surface area contributed by atoms with E-state index in [0.717, 1.165) is 31.6 Å². The smallest absolute Gasteiger partial charge is 0.0662 e. The summed E-state index contributed by atoms with van der Waals surface area (Å²) in [6.45, 7) is 9.66. The van der Waals surface area contributed by atoms with E-state index >= 15 is 0 Å². The molecule has 3 nitrogen and oxygen atoms in total. The number of ether oxygens (including phenoxy) is 1. The highest BCUT2D eigenvalue weighted by molar-refractivity contribution is 4.95. The van der Waals surface area contributed by atoms with E-state index in [1.165, 1.54) is 45.2 Å². The quantitative estimate of drug-likeness (QED) is 0.839. The minimum atomic E-state index is 0.143. The Bertz CT molecular complexity index is 249. The van der Waals surface area contributed by atoms with Crippen molar-refractivity contribution in [3.63, 3.8) is 0 Å². The van der Waals surface area contributed by atoms with Crippen LogP contribution in [-0.2, 0) is 4.74 Å². The van der Waals surface area contributed by atoms with Crippen LogP contribution in [0.2, 0.25) is 0 Å². The van der Waals surface area contributed by atoms with Crippen LogP contribution in [0.1, 0.15) is 46.0 Å². The zero-order valence-electron chi connectivity index (χ0n) is 12.2. The first kappa shape index (κ1) is 14.3. The average molecular weight is 254 g/mol. The van der Waals surface area contributed by atoms with Crippen LogP contribution in [0, 0.1) is 11.8 Å². The topological polar surface area (TPSA) is 38.5 Å². The number of nitrogens with two attached hydrogens (primary N) is 1. The Kier molecular flexibility index (Phi) is 5.05. The van der Waals surface area contributed by atoms with Gasteiger partial charge in [0.05, 0.1) is 12.1 Å². The molecule has 2 unspecified atom stereocenters. The number of likely N-dealkylation sites (tertiary alicyclic amines) is 1. The molecule has 2 rings (SSSR count). The maximum absolute atomic E-state index is 6.09. The van der Waals surface area contributed by atoms with Gasteiger partial charge >= 0.3 is 0 Å². The average Bonchev–Trinajstić information content (AvgIpc) is 2.65. The van der Waals surface area contributed by atoms with Gasteiger partial charge in [-0.2, -0.15) is 0 Å². The van der Waals surface area contributed by atoms with Crippen molar-refractivity contribution in [3.05, 3.63) is 0 Å². The fourth-order valence-electron chi connectivity index (χ4n) is 3.64. The van der Waals surface area contributed by atoms with Gasteiger partial charge in [0.25, 0.3) is 0 Å². The Balaban J connectivity index is 1.99. The van der Waals surface area contributed by atoms with Crippen LogP contribution >= 0.6 is 0 Å². The molecule has 0 aromatic rings. The van der Waals surface area contributed by atoms with E-state index < -0.39 is 0 Å². The largest absolute Gasteiger partial charge is 0.379 e. The Hall–Kier alpha value is -0.120. The Morgan fingerprint density at radius 2 is 2.11 bits per heavy atom. The summed E-state index contributed by atoms with van der Waals surface area (Å²) in [5, 5.41) is 0. The summed E-state index contributed by atoms with van der Waals surface area (Å²) in [6.07, 6.45) is 6.43. The zero-order valence-corrected chi connectivity index (χ0v) is 12.2. The maximum atomic E-state index is 6.09. The van der Waals surface area contributed by atoms with Crippen molar-refractivity contribution >= 4 is 0 Å². The van der Waals surface area contributed by atoms with Crippen LogP contribution in [0.25, 0.3) is 0 Å². The minimum Gasteiger partial charge on any atom is -0.379 e. The lowest BCUT2D eigenvalue weighted by molar-refractivity contribution is -0.0442. The number of hydrogen-bond acceptors (Lipinski definition) is 3. The van der Waals surface area contributed by atoms with Crippen molar-refractivity contribution in [2.45, 2.75) is 51.5 Å². The summed E-state index contributed by atoms with van der Waals surface area (Å²) in [5.74, 6) is 1.72. The van der Waals surface area contributed by atoms with Crippen LogP contribution < -0.4 is 5.73 Å². The number of rotatable bonds is 3. The molecule has 0 aliphatic carbocycles. The molecule has 0 bridgehead atoms. The van der Waals surface area contributed by atoms with Gasteiger partial charge in [-0.15, -0.1) is 0 Å². The molecule has 0 saturated carbocycles. The van der Waals surface area contributed by atoms with Crippen molar-refractivity contribution in [1.82, 2.24) is 4.90 Å². The number of nitrogens with zero attached hydrogens (tertiary/aromatic N) is 1. The van der Waals surface area contributed by atoms with E-state index in [0.29, 0.717) is 0 Å². The van der Waals surface area contributed by atoms with E-state index in [4.69, 9.17) is 10.5 Å². The molecule has 0 aromatic heterocycles. The molecule has 0 amide bonds. The summed E-state index contributed by atoms with van der Waals surface area (Å²) in [6, 6.07) is 0. The SMILES string of the molecule is CC(C)C1CCCN(C2(CN)CCCOC2)CC1. The Morgan fingerprint density at radius 3 is 2.72 bits per heavy atom. The van der Waals surface area contributed by atoms with Gasteiger partial charge in [0.15, 0.2) is 0 Å². The monoisotopic (exact) mass is 254 g/mol. The molecule has 0 aromatic carbocycles. The second kappa shape index (κ2) is 6.36. The third kappa shape index (κ3) is 3.06. The first-order chi connectivity index (χ1) is 8.68. The zero-order chi connectivity index (χ0) is 13.0. The highest BCUT2D eigenvalue weighted by Gasteiger charge is 2.38. The van der Waals surface area contributed by atoms with Crippen molar-refractivity contribution < 1.29 is 4.74 Å². The molecule has 2 fully saturated rings. The van der Waals surface area contributed by atoms with Gasteiger partial charge in [-0.3, -0.25) is 4.90 Å². The molecular weight excluding hydrogens is 224 g/mol. The molecule has 2 aliphatic heterocycles. The molecule has 2 N–H and O–H groups in total. The molecule has 2 aliphatic rings. The summed E-state index contributed by atoms with van der Waals surface area (Å²) < 4.78 is 5.72. The predicted octanol–water partition coefficient (Wildman–Crippen LogP) is 2.25. The molecule has 2 saturated heterocycles. The first-order valence-electron chi connectivity index (χ1n) is 7.71. The molecule has 0 radical (unpaired) electrons. The molecular formula is C15H30N2O. The lowest BCUT2D eigenvalue weighted by Crippen LogP contribution is -2.59. The summed E-state index contributed by atoms with van der Waals surface area (Å²) in [5.41, 5.74) is 6.24. The molecule has 2 heterocycles. The first-order valence-corrected chi connectivity index (χ1v) is 7.71. The minimum absolute atomic E-state index is 0.143. The van der Waals surface area contributed by atoms with Crippen molar-refractivity contribution in [2.75, 3.05) is 32.8 Å². The van der Waals surface area contributed by atoms with E-state index in [9.17, 15) is 0 Å². The van der Waals surface area contributed by atoms with Crippen LogP contribution in [0.3, 0.4) is 0 Å². The van der Waals surface area contributed by atoms with Crippen LogP contribution in [-0.4, -0.2) is 43.3 Å². The van der Waals surface area contributed by atoms with Gasteiger partial charge in [-0.1, -0.05) is 13.8 Å². The lowest BCUT2D eigenvalue weighted by Gasteiger charge is -2.45. The fourth-order valence-corrected chi connectivity index (χ4v) is 3.64. The van der Waals surface area contributed by atoms with Crippen LogP contribution in [0.15, 0.2) is 0 Å². The van der Waals surface area contributed by atoms with Gasteiger partial charge in [-0.05, 0) is 57.0 Å². The van der Waals surface area contributed by atoms with Crippen LogP contribution in [0.4, 0.5) is 0 Å². The van der Waals surface area contributed by atoms with Crippen molar-refractivity contribution in [2.24, 2.45) is 17.6 Å². The second-order valence-electron chi connectivity index (χ2n) is 6.51. The van der Waals surface area contributed by atoms with Gasteiger partial charge in [-0.25, -0.2) is 0 Å². The van der Waals surface area contributed by atoms with Crippen molar-refractivity contribution in [3.8, 4) is 0 Å². The molecule has 106 valence electrons. The van der Waals surface area contributed by atoms with Crippen LogP contribution in [0.5, 0.6) is 0 Å².